The van der Waals surface area contributed by atoms with Crippen molar-refractivity contribution >= 4 is 17.5 Å². The molecule has 0 fully saturated rings. The number of halogens is 1. The van der Waals surface area contributed by atoms with Gasteiger partial charge in [0.2, 0.25) is 5.91 Å². The number of hydrogen-bond donors (Lipinski definition) is 0. The number of nitrogens with zero attached hydrogens (tertiary/aromatic N) is 2. The van der Waals surface area contributed by atoms with Crippen LogP contribution in [0.2, 0.25) is 0 Å². The Labute approximate surface area is 210 Å². The maximum absolute atomic E-state index is 13.5. The number of hydrogen-bond acceptors (Lipinski definition) is 2. The van der Waals surface area contributed by atoms with E-state index < -0.39 is 0 Å². The van der Waals surface area contributed by atoms with Gasteiger partial charge in [0.05, 0.1) is 13.0 Å². The third kappa shape index (κ3) is 5.36. The topological polar surface area (TPSA) is 40.6 Å². The summed E-state index contributed by atoms with van der Waals surface area (Å²) < 4.78 is 13.5. The Hall–Kier alpha value is -4.25. The minimum atomic E-state index is -0.319. The van der Waals surface area contributed by atoms with Crippen molar-refractivity contribution in [1.29, 1.82) is 0 Å². The van der Waals surface area contributed by atoms with Crippen LogP contribution in [0.15, 0.2) is 103 Å². The molecular formula is C31H27FN2O2. The zero-order valence-electron chi connectivity index (χ0n) is 19.9. The van der Waals surface area contributed by atoms with Crippen molar-refractivity contribution in [3.63, 3.8) is 0 Å². The lowest BCUT2D eigenvalue weighted by Crippen LogP contribution is -2.37. The lowest BCUT2D eigenvalue weighted by atomic mass is 9.99. The highest BCUT2D eigenvalue weighted by Crippen LogP contribution is 2.24. The Kier molecular flexibility index (Phi) is 6.89. The lowest BCUT2D eigenvalue weighted by molar-refractivity contribution is -0.131. The second kappa shape index (κ2) is 10.6. The first-order valence-electron chi connectivity index (χ1n) is 12.1. The van der Waals surface area contributed by atoms with E-state index in [0.29, 0.717) is 24.3 Å². The first-order valence-corrected chi connectivity index (χ1v) is 12.1. The number of amides is 2. The van der Waals surface area contributed by atoms with Gasteiger partial charge in [0.25, 0.3) is 5.91 Å². The van der Waals surface area contributed by atoms with Crippen molar-refractivity contribution in [3.8, 4) is 0 Å². The van der Waals surface area contributed by atoms with Crippen LogP contribution in [-0.2, 0) is 30.7 Å². The fourth-order valence-corrected chi connectivity index (χ4v) is 4.62. The van der Waals surface area contributed by atoms with Crippen LogP contribution in [0.4, 0.5) is 10.1 Å². The van der Waals surface area contributed by atoms with Crippen LogP contribution >= 0.6 is 0 Å². The highest BCUT2D eigenvalue weighted by molar-refractivity contribution is 6.06. The van der Waals surface area contributed by atoms with Crippen molar-refractivity contribution in [2.75, 3.05) is 11.4 Å². The Morgan fingerprint density at radius 2 is 1.50 bits per heavy atom. The molecule has 4 aromatic carbocycles. The number of anilines is 1. The number of carbonyl (C=O) groups excluding carboxylic acids is 2. The molecule has 4 nitrogen and oxygen atoms in total. The van der Waals surface area contributed by atoms with Gasteiger partial charge in [-0.25, -0.2) is 4.39 Å². The summed E-state index contributed by atoms with van der Waals surface area (Å²) in [7, 11) is 0. The van der Waals surface area contributed by atoms with Gasteiger partial charge in [-0.2, -0.15) is 0 Å². The first-order chi connectivity index (χ1) is 17.6. The molecule has 0 saturated heterocycles. The molecule has 0 saturated carbocycles. The summed E-state index contributed by atoms with van der Waals surface area (Å²) in [6, 6.07) is 31.1. The number of carbonyl (C=O) groups is 2. The summed E-state index contributed by atoms with van der Waals surface area (Å²) in [5.74, 6) is -0.405. The average Bonchev–Trinajstić information content (AvgIpc) is 2.92. The van der Waals surface area contributed by atoms with E-state index in [1.807, 2.05) is 59.5 Å². The minimum absolute atomic E-state index is 0.0705. The molecule has 1 heterocycles. The molecule has 0 N–H and O–H groups in total. The fraction of sp³-hybridized carbons (Fsp3) is 0.161. The summed E-state index contributed by atoms with van der Waals surface area (Å²) in [5, 5.41) is 0. The van der Waals surface area contributed by atoms with Gasteiger partial charge < -0.3 is 9.80 Å². The van der Waals surface area contributed by atoms with E-state index in [9.17, 15) is 14.0 Å². The van der Waals surface area contributed by atoms with Gasteiger partial charge in [-0.3, -0.25) is 9.59 Å². The van der Waals surface area contributed by atoms with E-state index in [1.54, 1.807) is 29.2 Å². The van der Waals surface area contributed by atoms with Gasteiger partial charge in [0, 0.05) is 24.3 Å². The van der Waals surface area contributed by atoms with Crippen molar-refractivity contribution < 1.29 is 14.0 Å². The highest BCUT2D eigenvalue weighted by Gasteiger charge is 2.22. The maximum Gasteiger partial charge on any atom is 0.258 e. The van der Waals surface area contributed by atoms with E-state index in [4.69, 9.17) is 0 Å². The SMILES string of the molecule is O=C(Cc1cccc(N(Cc2ccc(F)cc2)C(=O)c2ccccc2)c1)N1CCc2ccccc2C1. The van der Waals surface area contributed by atoms with Crippen molar-refractivity contribution in [2.45, 2.75) is 25.9 Å². The van der Waals surface area contributed by atoms with Gasteiger partial charge in [-0.1, -0.05) is 66.7 Å². The molecule has 0 radical (unpaired) electrons. The summed E-state index contributed by atoms with van der Waals surface area (Å²) in [6.45, 7) is 1.62. The van der Waals surface area contributed by atoms with Crippen LogP contribution in [0, 0.1) is 5.82 Å². The molecule has 4 aromatic rings. The zero-order valence-corrected chi connectivity index (χ0v) is 19.9. The smallest absolute Gasteiger partial charge is 0.258 e. The third-order valence-corrected chi connectivity index (χ3v) is 6.58. The highest BCUT2D eigenvalue weighted by atomic mass is 19.1. The third-order valence-electron chi connectivity index (χ3n) is 6.58. The molecule has 180 valence electrons. The molecule has 0 aromatic heterocycles. The van der Waals surface area contributed by atoms with Crippen molar-refractivity contribution in [1.82, 2.24) is 4.90 Å². The van der Waals surface area contributed by atoms with Gasteiger partial charge in [0.1, 0.15) is 5.82 Å². The minimum Gasteiger partial charge on any atom is -0.338 e. The number of fused-ring (bicyclic) bond motifs is 1. The Bertz CT molecular complexity index is 1370. The summed E-state index contributed by atoms with van der Waals surface area (Å²) in [5.41, 5.74) is 5.43. The molecule has 0 spiro atoms. The normalized spacial score (nSPS) is 12.6. The molecule has 1 aliphatic heterocycles. The van der Waals surface area contributed by atoms with Crippen molar-refractivity contribution in [3.05, 3.63) is 137 Å². The molecule has 0 aliphatic carbocycles. The molecule has 5 heteroatoms. The first kappa shape index (κ1) is 23.5. The predicted octanol–water partition coefficient (Wildman–Crippen LogP) is 5.80. The van der Waals surface area contributed by atoms with Crippen LogP contribution in [0.5, 0.6) is 0 Å². The molecule has 36 heavy (non-hydrogen) atoms. The van der Waals surface area contributed by atoms with Crippen molar-refractivity contribution in [2.24, 2.45) is 0 Å². The second-order valence-electron chi connectivity index (χ2n) is 9.06. The van der Waals surface area contributed by atoms with E-state index in [0.717, 1.165) is 17.5 Å². The molecular weight excluding hydrogens is 451 g/mol. The maximum atomic E-state index is 13.5. The molecule has 5 rings (SSSR count). The lowest BCUT2D eigenvalue weighted by Gasteiger charge is -2.29. The van der Waals surface area contributed by atoms with Crippen LogP contribution in [0.1, 0.15) is 32.6 Å². The van der Waals surface area contributed by atoms with Crippen LogP contribution < -0.4 is 4.90 Å². The molecule has 0 unspecified atom stereocenters. The second-order valence-corrected chi connectivity index (χ2v) is 9.06. The predicted molar refractivity (Wildman–Crippen MR) is 139 cm³/mol. The summed E-state index contributed by atoms with van der Waals surface area (Å²) in [4.78, 5) is 30.2. The number of benzene rings is 4. The Balaban J connectivity index is 1.38. The average molecular weight is 479 g/mol. The zero-order chi connectivity index (χ0) is 24.9. The molecule has 0 atom stereocenters. The van der Waals surface area contributed by atoms with E-state index in [-0.39, 0.29) is 30.6 Å². The number of rotatable bonds is 6. The van der Waals surface area contributed by atoms with E-state index in [1.165, 1.54) is 23.3 Å². The van der Waals surface area contributed by atoms with E-state index >= 15 is 0 Å². The van der Waals surface area contributed by atoms with Gasteiger partial charge in [-0.05, 0) is 65.1 Å². The van der Waals surface area contributed by atoms with Crippen LogP contribution in [0.25, 0.3) is 0 Å². The monoisotopic (exact) mass is 478 g/mol. The van der Waals surface area contributed by atoms with Gasteiger partial charge >= 0.3 is 0 Å². The molecule has 2 amide bonds. The van der Waals surface area contributed by atoms with E-state index in [2.05, 4.69) is 12.1 Å². The standard InChI is InChI=1S/C31H27FN2O2/c32-28-15-13-23(14-16-28)21-34(31(36)26-9-2-1-3-10-26)29-12-6-7-24(19-29)20-30(35)33-18-17-25-8-4-5-11-27(25)22-33/h1-16,19H,17-18,20-22H2. The Morgan fingerprint density at radius 1 is 0.778 bits per heavy atom. The molecule has 1 aliphatic rings. The van der Waals surface area contributed by atoms with Crippen LogP contribution in [0.3, 0.4) is 0 Å². The fourth-order valence-electron chi connectivity index (χ4n) is 4.62. The largest absolute Gasteiger partial charge is 0.338 e. The quantitative estimate of drug-likeness (QED) is 0.351. The van der Waals surface area contributed by atoms with Crippen LogP contribution in [-0.4, -0.2) is 23.3 Å². The summed E-state index contributed by atoms with van der Waals surface area (Å²) in [6.07, 6.45) is 1.12. The Morgan fingerprint density at radius 3 is 2.28 bits per heavy atom. The van der Waals surface area contributed by atoms with Gasteiger partial charge in [0.15, 0.2) is 0 Å². The van der Waals surface area contributed by atoms with Gasteiger partial charge in [-0.15, -0.1) is 0 Å². The molecule has 0 bridgehead atoms. The summed E-state index contributed by atoms with van der Waals surface area (Å²) >= 11 is 0.